The van der Waals surface area contributed by atoms with Gasteiger partial charge in [0.1, 0.15) is 5.56 Å². The van der Waals surface area contributed by atoms with E-state index in [0.29, 0.717) is 0 Å². The summed E-state index contributed by atoms with van der Waals surface area (Å²) in [5, 5.41) is 8.70. The largest absolute Gasteiger partial charge is 0.488 e. The van der Waals surface area contributed by atoms with Crippen LogP contribution in [-0.4, -0.2) is 32.7 Å². The summed E-state index contributed by atoms with van der Waals surface area (Å²) in [5.74, 6) is -6.12. The van der Waals surface area contributed by atoms with E-state index in [2.05, 4.69) is 15.5 Å². The van der Waals surface area contributed by atoms with Crippen LogP contribution in [0.25, 0.3) is 0 Å². The van der Waals surface area contributed by atoms with Crippen molar-refractivity contribution in [1.29, 1.82) is 4.78 Å². The van der Waals surface area contributed by atoms with E-state index >= 15 is 0 Å². The van der Waals surface area contributed by atoms with Gasteiger partial charge in [-0.3, -0.25) is 4.79 Å². The Labute approximate surface area is 208 Å². The Balaban J connectivity index is 2.08. The summed E-state index contributed by atoms with van der Waals surface area (Å²) in [6.07, 6.45) is -4.32. The normalized spacial score (nSPS) is 13.2. The van der Waals surface area contributed by atoms with Crippen LogP contribution < -0.4 is 14.8 Å². The summed E-state index contributed by atoms with van der Waals surface area (Å²) in [7, 11) is -3.16. The second-order valence-electron chi connectivity index (χ2n) is 8.14. The highest BCUT2D eigenvalue weighted by molar-refractivity contribution is 7.91. The molecule has 3 rings (SSSR count). The lowest BCUT2D eigenvalue weighted by Crippen LogP contribution is -2.21. The molecule has 3 aromatic rings. The van der Waals surface area contributed by atoms with Crippen molar-refractivity contribution in [3.63, 3.8) is 0 Å². The summed E-state index contributed by atoms with van der Waals surface area (Å²) < 4.78 is 99.6. The van der Waals surface area contributed by atoms with Crippen LogP contribution in [0.15, 0.2) is 41.3 Å². The topological polar surface area (TPSA) is 114 Å². The molecule has 1 atom stereocenters. The molecule has 0 spiro atoms. The van der Waals surface area contributed by atoms with E-state index in [1.165, 1.54) is 24.3 Å². The third-order valence-corrected chi connectivity index (χ3v) is 5.96. The highest BCUT2D eigenvalue weighted by Gasteiger charge is 2.38. The predicted molar refractivity (Wildman–Crippen MR) is 123 cm³/mol. The molecule has 0 aliphatic rings. The second-order valence-corrected chi connectivity index (χ2v) is 10.3. The molecule has 0 bridgehead atoms. The number of benzene rings is 2. The summed E-state index contributed by atoms with van der Waals surface area (Å²) in [6, 6.07) is 7.34. The first-order valence-electron chi connectivity index (χ1n) is 10.5. The van der Waals surface area contributed by atoms with Crippen molar-refractivity contribution in [3.05, 3.63) is 64.9 Å². The highest BCUT2D eigenvalue weighted by atomic mass is 32.2. The molecular formula is C23H21F5N4O4S. The molecule has 2 aromatic carbocycles. The fourth-order valence-corrected chi connectivity index (χ4v) is 3.85. The van der Waals surface area contributed by atoms with E-state index in [4.69, 9.17) is 14.3 Å². The lowest BCUT2D eigenvalue weighted by atomic mass is 10.1. The molecule has 198 valence electrons. The molecule has 14 heteroatoms. The van der Waals surface area contributed by atoms with Gasteiger partial charge in [-0.2, -0.15) is 22.0 Å². The van der Waals surface area contributed by atoms with Crippen molar-refractivity contribution >= 4 is 21.3 Å². The van der Waals surface area contributed by atoms with Gasteiger partial charge in [-0.25, -0.2) is 8.99 Å². The Bertz CT molecular complexity index is 1460. The average molecular weight is 545 g/mol. The minimum absolute atomic E-state index is 0.00691. The van der Waals surface area contributed by atoms with E-state index in [0.717, 1.165) is 25.3 Å². The maximum atomic E-state index is 14.6. The summed E-state index contributed by atoms with van der Waals surface area (Å²) in [4.78, 5) is 13.1. The van der Waals surface area contributed by atoms with Gasteiger partial charge in [0.15, 0.2) is 17.2 Å². The van der Waals surface area contributed by atoms with E-state index in [1.54, 1.807) is 13.8 Å². The Morgan fingerprint density at radius 1 is 1.08 bits per heavy atom. The first-order valence-corrected chi connectivity index (χ1v) is 12.5. The number of carbonyl (C=O) groups is 1. The average Bonchev–Trinajstić information content (AvgIpc) is 2.77. The van der Waals surface area contributed by atoms with Crippen LogP contribution in [0.3, 0.4) is 0 Å². The number of alkyl halides is 3. The molecular weight excluding hydrogens is 523 g/mol. The van der Waals surface area contributed by atoms with Gasteiger partial charge in [-0.05, 0) is 56.7 Å². The molecule has 0 radical (unpaired) electrons. The fraction of sp³-hybridized carbons (Fsp3) is 0.261. The number of anilines is 1. The molecule has 37 heavy (non-hydrogen) atoms. The third kappa shape index (κ3) is 6.31. The van der Waals surface area contributed by atoms with Crippen LogP contribution in [0.5, 0.6) is 17.4 Å². The number of aromatic nitrogens is 2. The molecule has 1 heterocycles. The number of amides is 1. The number of halogens is 5. The first kappa shape index (κ1) is 27.8. The lowest BCUT2D eigenvalue weighted by Gasteiger charge is -2.17. The van der Waals surface area contributed by atoms with Crippen LogP contribution in [0.1, 0.15) is 35.5 Å². The van der Waals surface area contributed by atoms with Crippen molar-refractivity contribution in [3.8, 4) is 17.4 Å². The monoisotopic (exact) mass is 544 g/mol. The molecule has 1 amide bonds. The molecule has 2 N–H and O–H groups in total. The van der Waals surface area contributed by atoms with Crippen molar-refractivity contribution in [2.24, 2.45) is 0 Å². The van der Waals surface area contributed by atoms with Crippen LogP contribution in [0.2, 0.25) is 0 Å². The Morgan fingerprint density at radius 2 is 1.70 bits per heavy atom. The smallest absolute Gasteiger partial charge is 0.435 e. The van der Waals surface area contributed by atoms with Crippen molar-refractivity contribution in [2.45, 2.75) is 37.9 Å². The number of rotatable bonds is 7. The van der Waals surface area contributed by atoms with Crippen LogP contribution in [-0.2, 0) is 15.9 Å². The van der Waals surface area contributed by atoms with Crippen molar-refractivity contribution in [2.75, 3.05) is 11.6 Å². The first-order chi connectivity index (χ1) is 17.1. The van der Waals surface area contributed by atoms with Crippen molar-refractivity contribution < 1.29 is 40.4 Å². The molecule has 0 aliphatic heterocycles. The van der Waals surface area contributed by atoms with E-state index < -0.39 is 73.8 Å². The molecule has 0 saturated heterocycles. The number of carbonyl (C=O) groups excluding carboxylic acids is 1. The number of hydrogen-bond acceptors (Lipinski definition) is 7. The van der Waals surface area contributed by atoms with Crippen LogP contribution in [0.4, 0.5) is 27.6 Å². The second kappa shape index (κ2) is 10.3. The molecule has 0 aliphatic carbocycles. The maximum absolute atomic E-state index is 14.6. The molecule has 8 nitrogen and oxygen atoms in total. The van der Waals surface area contributed by atoms with E-state index in [-0.39, 0.29) is 10.6 Å². The molecule has 1 aromatic heterocycles. The molecule has 0 saturated carbocycles. The number of nitrogens with zero attached hydrogens (tertiary/aromatic N) is 2. The lowest BCUT2D eigenvalue weighted by molar-refractivity contribution is -0.142. The van der Waals surface area contributed by atoms with Gasteiger partial charge < -0.3 is 14.8 Å². The van der Waals surface area contributed by atoms with Gasteiger partial charge in [0, 0.05) is 16.8 Å². The quantitative estimate of drug-likeness (QED) is 0.356. The molecule has 0 unspecified atom stereocenters. The SMILES string of the molecule is Cc1c(C(F)(F)F)nnc(Oc2ccc(OC(C)C)c(F)c2F)c1C(=O)Nc1cccc([S@@](C)(=N)=O)c1. The Kier molecular flexibility index (Phi) is 7.72. The standard InChI is InChI=1S/C23H21F5N4O4S/c1-11(2)35-15-8-9-16(19(25)18(15)24)36-22-17(12(3)20(31-32-22)23(26,27)28)21(33)30-13-6-5-7-14(10-13)37(4,29)34/h5-11,29H,1-4H3,(H,30,33)/t37-/m0/s1. The maximum Gasteiger partial charge on any atom is 0.435 e. The zero-order chi connectivity index (χ0) is 27.7. The Morgan fingerprint density at radius 3 is 2.30 bits per heavy atom. The predicted octanol–water partition coefficient (Wildman–Crippen LogP) is 5.95. The van der Waals surface area contributed by atoms with Gasteiger partial charge in [0.25, 0.3) is 11.8 Å². The zero-order valence-electron chi connectivity index (χ0n) is 19.9. The minimum atomic E-state index is -4.99. The third-order valence-electron chi connectivity index (χ3n) is 4.80. The van der Waals surface area contributed by atoms with E-state index in [1.807, 2.05) is 0 Å². The van der Waals surface area contributed by atoms with Gasteiger partial charge in [0.05, 0.1) is 15.8 Å². The summed E-state index contributed by atoms with van der Waals surface area (Å²) in [6.45, 7) is 4.12. The van der Waals surface area contributed by atoms with Crippen LogP contribution in [0, 0.1) is 23.3 Å². The van der Waals surface area contributed by atoms with Crippen molar-refractivity contribution in [1.82, 2.24) is 10.2 Å². The van der Waals surface area contributed by atoms with Crippen LogP contribution >= 0.6 is 0 Å². The number of nitrogens with one attached hydrogen (secondary N) is 2. The van der Waals surface area contributed by atoms with Gasteiger partial charge in [-0.15, -0.1) is 10.2 Å². The zero-order valence-corrected chi connectivity index (χ0v) is 20.7. The summed E-state index contributed by atoms with van der Waals surface area (Å²) in [5.41, 5.74) is -2.92. The van der Waals surface area contributed by atoms with E-state index in [9.17, 15) is 31.0 Å². The highest BCUT2D eigenvalue weighted by Crippen LogP contribution is 2.36. The summed E-state index contributed by atoms with van der Waals surface area (Å²) >= 11 is 0. The number of ether oxygens (including phenoxy) is 2. The van der Waals surface area contributed by atoms with Gasteiger partial charge in [0.2, 0.25) is 11.6 Å². The fourth-order valence-electron chi connectivity index (χ4n) is 3.16. The Hall–Kier alpha value is -3.81. The molecule has 0 fully saturated rings. The minimum Gasteiger partial charge on any atom is -0.488 e. The number of hydrogen-bond donors (Lipinski definition) is 2. The van der Waals surface area contributed by atoms with Gasteiger partial charge in [-0.1, -0.05) is 6.07 Å². The van der Waals surface area contributed by atoms with Gasteiger partial charge >= 0.3 is 6.18 Å².